The zero-order valence-electron chi connectivity index (χ0n) is 14.8. The van der Waals surface area contributed by atoms with Gasteiger partial charge in [0.2, 0.25) is 15.9 Å². The predicted molar refractivity (Wildman–Crippen MR) is 96.3 cm³/mol. The molecule has 2 aliphatic heterocycles. The van der Waals surface area contributed by atoms with Gasteiger partial charge < -0.3 is 9.47 Å². The maximum absolute atomic E-state index is 12.8. The predicted octanol–water partition coefficient (Wildman–Crippen LogP) is 0.665. The minimum absolute atomic E-state index is 0.0391. The van der Waals surface area contributed by atoms with Crippen LogP contribution >= 0.6 is 0 Å². The highest BCUT2D eigenvalue weighted by molar-refractivity contribution is 7.89. The van der Waals surface area contributed by atoms with Gasteiger partial charge in [0.25, 0.3) is 0 Å². The van der Waals surface area contributed by atoms with Gasteiger partial charge >= 0.3 is 0 Å². The van der Waals surface area contributed by atoms with Crippen LogP contribution in [0.15, 0.2) is 35.4 Å². The quantitative estimate of drug-likeness (QED) is 0.820. The monoisotopic (exact) mass is 392 g/mol. The lowest BCUT2D eigenvalue weighted by Gasteiger charge is -2.32. The smallest absolute Gasteiger partial charge is 0.246 e. The van der Waals surface area contributed by atoms with Crippen LogP contribution in [0.5, 0.6) is 11.5 Å². The van der Waals surface area contributed by atoms with Crippen LogP contribution in [0.2, 0.25) is 0 Å². The number of anilines is 1. The van der Waals surface area contributed by atoms with Gasteiger partial charge in [0.05, 0.1) is 11.1 Å². The fraction of sp³-hybridized carbons (Fsp3) is 0.412. The summed E-state index contributed by atoms with van der Waals surface area (Å²) in [5.41, 5.74) is 0. The minimum atomic E-state index is -3.88. The van der Waals surface area contributed by atoms with Crippen molar-refractivity contribution in [1.82, 2.24) is 14.5 Å². The molecule has 1 unspecified atom stereocenters. The highest BCUT2D eigenvalue weighted by atomic mass is 32.2. The van der Waals surface area contributed by atoms with E-state index in [-0.39, 0.29) is 10.8 Å². The third-order valence-electron chi connectivity index (χ3n) is 4.63. The van der Waals surface area contributed by atoms with Crippen LogP contribution in [0.3, 0.4) is 0 Å². The van der Waals surface area contributed by atoms with Gasteiger partial charge in [0.15, 0.2) is 11.5 Å². The second-order valence-electron chi connectivity index (χ2n) is 6.42. The highest BCUT2D eigenvalue weighted by Crippen LogP contribution is 2.32. The molecular weight excluding hydrogens is 372 g/mol. The Labute approximate surface area is 156 Å². The number of ether oxygens (including phenoxy) is 2. The molecule has 1 aromatic carbocycles. The number of aromatic nitrogens is 2. The van der Waals surface area contributed by atoms with Crippen LogP contribution in [0.25, 0.3) is 0 Å². The van der Waals surface area contributed by atoms with E-state index in [2.05, 4.69) is 9.82 Å². The van der Waals surface area contributed by atoms with E-state index in [1.54, 1.807) is 35.0 Å². The molecule has 144 valence electrons. The van der Waals surface area contributed by atoms with Gasteiger partial charge in [-0.25, -0.2) is 8.42 Å². The van der Waals surface area contributed by atoms with Gasteiger partial charge in [-0.3, -0.25) is 14.4 Å². The number of sulfonamides is 1. The number of carbonyl (C=O) groups is 1. The van der Waals surface area contributed by atoms with Gasteiger partial charge in [0.1, 0.15) is 25.1 Å². The first kappa shape index (κ1) is 17.8. The Morgan fingerprint density at radius 2 is 1.96 bits per heavy atom. The summed E-state index contributed by atoms with van der Waals surface area (Å²) in [5, 5.41) is 4.07. The van der Waals surface area contributed by atoms with E-state index >= 15 is 0 Å². The lowest BCUT2D eigenvalue weighted by atomic mass is 10.1. The molecule has 1 amide bonds. The lowest BCUT2D eigenvalue weighted by molar-refractivity contribution is -0.121. The molecule has 1 atom stereocenters. The molecule has 0 spiro atoms. The molecule has 1 N–H and O–H groups in total. The Kier molecular flexibility index (Phi) is 4.52. The van der Waals surface area contributed by atoms with Crippen LogP contribution in [-0.4, -0.2) is 49.9 Å². The van der Waals surface area contributed by atoms with E-state index in [4.69, 9.17) is 9.47 Å². The van der Waals surface area contributed by atoms with Gasteiger partial charge in [-0.1, -0.05) is 0 Å². The fourth-order valence-corrected chi connectivity index (χ4v) is 4.53. The number of aryl methyl sites for hydroxylation is 1. The maximum atomic E-state index is 12.8. The molecule has 1 saturated heterocycles. The third-order valence-corrected chi connectivity index (χ3v) is 6.10. The van der Waals surface area contributed by atoms with Gasteiger partial charge in [-0.05, 0) is 25.0 Å². The zero-order valence-corrected chi connectivity index (χ0v) is 15.6. The average Bonchev–Trinajstić information content (AvgIpc) is 3.08. The molecule has 2 aromatic rings. The molecule has 10 heteroatoms. The summed E-state index contributed by atoms with van der Waals surface area (Å²) in [6.45, 7) is 1.32. The Bertz CT molecular complexity index is 971. The van der Waals surface area contributed by atoms with Gasteiger partial charge in [0, 0.05) is 25.7 Å². The van der Waals surface area contributed by atoms with Crippen molar-refractivity contribution in [2.45, 2.75) is 23.8 Å². The molecule has 2 aliphatic rings. The van der Waals surface area contributed by atoms with Crippen molar-refractivity contribution in [3.8, 4) is 11.5 Å². The molecule has 0 radical (unpaired) electrons. The number of hydrogen-bond acceptors (Lipinski definition) is 6. The van der Waals surface area contributed by atoms with Crippen molar-refractivity contribution >= 4 is 21.7 Å². The lowest BCUT2D eigenvalue weighted by Crippen LogP contribution is -2.52. The molecule has 0 saturated carbocycles. The maximum Gasteiger partial charge on any atom is 0.246 e. The second kappa shape index (κ2) is 6.86. The van der Waals surface area contributed by atoms with E-state index < -0.39 is 16.1 Å². The van der Waals surface area contributed by atoms with E-state index in [0.717, 1.165) is 0 Å². The first-order chi connectivity index (χ1) is 13.0. The van der Waals surface area contributed by atoms with E-state index in [1.807, 2.05) is 0 Å². The summed E-state index contributed by atoms with van der Waals surface area (Å²) in [6.07, 6.45) is 2.73. The number of amides is 1. The standard InChI is InChI=1S/C17H20N4O5S/c1-20-16(6-7-18-20)21-8-2-3-13(17(21)22)19-27(23,24)12-4-5-14-15(11-12)26-10-9-25-14/h4-7,11,13,19H,2-3,8-10H2,1H3. The van der Waals surface area contributed by atoms with Gasteiger partial charge in [-0.2, -0.15) is 9.82 Å². The Morgan fingerprint density at radius 3 is 2.70 bits per heavy atom. The summed E-state index contributed by atoms with van der Waals surface area (Å²) in [6, 6.07) is 5.33. The van der Waals surface area contributed by atoms with Crippen molar-refractivity contribution in [3.05, 3.63) is 30.5 Å². The fourth-order valence-electron chi connectivity index (χ4n) is 3.29. The van der Waals surface area contributed by atoms with Crippen LogP contribution in [0.1, 0.15) is 12.8 Å². The normalized spacial score (nSPS) is 20.0. The van der Waals surface area contributed by atoms with Crippen LogP contribution in [0, 0.1) is 0 Å². The number of nitrogens with zero attached hydrogens (tertiary/aromatic N) is 3. The topological polar surface area (TPSA) is 103 Å². The van der Waals surface area contributed by atoms with E-state index in [9.17, 15) is 13.2 Å². The number of hydrogen-bond donors (Lipinski definition) is 1. The Morgan fingerprint density at radius 1 is 1.19 bits per heavy atom. The van der Waals surface area contributed by atoms with Crippen LogP contribution < -0.4 is 19.1 Å². The van der Waals surface area contributed by atoms with Crippen molar-refractivity contribution in [2.24, 2.45) is 7.05 Å². The van der Waals surface area contributed by atoms with Gasteiger partial charge in [-0.15, -0.1) is 0 Å². The number of benzene rings is 1. The molecule has 9 nitrogen and oxygen atoms in total. The molecule has 1 aromatic heterocycles. The second-order valence-corrected chi connectivity index (χ2v) is 8.14. The van der Waals surface area contributed by atoms with Crippen molar-refractivity contribution in [3.63, 3.8) is 0 Å². The SMILES string of the molecule is Cn1nccc1N1CCCC(NS(=O)(=O)c2ccc3c(c2)OCCO3)C1=O. The van der Waals surface area contributed by atoms with E-state index in [0.29, 0.717) is 49.9 Å². The van der Waals surface area contributed by atoms with Crippen LogP contribution in [0.4, 0.5) is 5.82 Å². The summed E-state index contributed by atoms with van der Waals surface area (Å²) in [5.74, 6) is 1.25. The number of piperidine rings is 1. The third kappa shape index (κ3) is 3.37. The summed E-state index contributed by atoms with van der Waals surface area (Å²) in [4.78, 5) is 14.4. The molecule has 1 fully saturated rings. The van der Waals surface area contributed by atoms with Crippen molar-refractivity contribution in [1.29, 1.82) is 0 Å². The van der Waals surface area contributed by atoms with Crippen molar-refractivity contribution < 1.29 is 22.7 Å². The summed E-state index contributed by atoms with van der Waals surface area (Å²) >= 11 is 0. The first-order valence-corrected chi connectivity index (χ1v) is 10.2. The molecule has 0 aliphatic carbocycles. The Balaban J connectivity index is 1.55. The molecule has 4 rings (SSSR count). The molecule has 3 heterocycles. The zero-order chi connectivity index (χ0) is 19.0. The number of rotatable bonds is 4. The summed E-state index contributed by atoms with van der Waals surface area (Å²) < 4.78 is 40.6. The molecule has 0 bridgehead atoms. The number of nitrogens with one attached hydrogen (secondary N) is 1. The number of fused-ring (bicyclic) bond motifs is 1. The highest BCUT2D eigenvalue weighted by Gasteiger charge is 2.34. The number of carbonyl (C=O) groups excluding carboxylic acids is 1. The van der Waals surface area contributed by atoms with Crippen LogP contribution in [-0.2, 0) is 21.9 Å². The Hall–Kier alpha value is -2.59. The van der Waals surface area contributed by atoms with E-state index in [1.165, 1.54) is 12.1 Å². The first-order valence-electron chi connectivity index (χ1n) is 8.67. The minimum Gasteiger partial charge on any atom is -0.486 e. The van der Waals surface area contributed by atoms with Crippen molar-refractivity contribution in [2.75, 3.05) is 24.7 Å². The average molecular weight is 392 g/mol. The summed E-state index contributed by atoms with van der Waals surface area (Å²) in [7, 11) is -2.14. The molecular formula is C17H20N4O5S. The largest absolute Gasteiger partial charge is 0.486 e. The molecule has 27 heavy (non-hydrogen) atoms.